The van der Waals surface area contributed by atoms with E-state index < -0.39 is 0 Å². The number of aryl methyl sites for hydroxylation is 2. The van der Waals surface area contributed by atoms with Crippen molar-refractivity contribution in [3.8, 4) is 0 Å². The summed E-state index contributed by atoms with van der Waals surface area (Å²) >= 11 is 5.35. The van der Waals surface area contributed by atoms with Crippen LogP contribution in [0.4, 0.5) is 4.39 Å². The van der Waals surface area contributed by atoms with Crippen LogP contribution in [0.25, 0.3) is 11.0 Å². The van der Waals surface area contributed by atoms with Crippen LogP contribution in [-0.2, 0) is 6.54 Å². The lowest BCUT2D eigenvalue weighted by Gasteiger charge is -2.08. The molecule has 0 bridgehead atoms. The molecule has 1 aromatic carbocycles. The fraction of sp³-hybridized carbons (Fsp3) is 0.200. The summed E-state index contributed by atoms with van der Waals surface area (Å²) in [6, 6.07) is 5.30. The van der Waals surface area contributed by atoms with Crippen molar-refractivity contribution < 1.29 is 4.39 Å². The van der Waals surface area contributed by atoms with E-state index in [2.05, 4.69) is 9.97 Å². The third-order valence-electron chi connectivity index (χ3n) is 3.52. The summed E-state index contributed by atoms with van der Waals surface area (Å²) in [5.74, 6) is -0.221. The highest BCUT2D eigenvalue weighted by Crippen LogP contribution is 2.20. The van der Waals surface area contributed by atoms with Crippen molar-refractivity contribution in [2.24, 2.45) is 0 Å². The Labute approximate surface area is 121 Å². The van der Waals surface area contributed by atoms with Crippen LogP contribution in [0.15, 0.2) is 30.6 Å². The Morgan fingerprint density at radius 1 is 1.30 bits per heavy atom. The molecule has 0 radical (unpaired) electrons. The van der Waals surface area contributed by atoms with Gasteiger partial charge in [-0.1, -0.05) is 0 Å². The Balaban J connectivity index is 2.17. The van der Waals surface area contributed by atoms with Crippen LogP contribution < -0.4 is 0 Å². The minimum absolute atomic E-state index is 0.221. The smallest absolute Gasteiger partial charge is 0.178 e. The van der Waals surface area contributed by atoms with Gasteiger partial charge in [0, 0.05) is 12.4 Å². The van der Waals surface area contributed by atoms with Gasteiger partial charge in [0.25, 0.3) is 0 Å². The molecule has 0 saturated heterocycles. The van der Waals surface area contributed by atoms with Crippen LogP contribution >= 0.6 is 12.2 Å². The number of hydrogen-bond donors (Lipinski definition) is 1. The number of halogens is 1. The van der Waals surface area contributed by atoms with Crippen molar-refractivity contribution in [3.63, 3.8) is 0 Å². The maximum absolute atomic E-state index is 13.6. The molecule has 0 amide bonds. The zero-order valence-electron chi connectivity index (χ0n) is 11.3. The van der Waals surface area contributed by atoms with Gasteiger partial charge in [-0.3, -0.25) is 4.98 Å². The van der Waals surface area contributed by atoms with Gasteiger partial charge >= 0.3 is 0 Å². The van der Waals surface area contributed by atoms with E-state index in [-0.39, 0.29) is 5.82 Å². The highest BCUT2D eigenvalue weighted by atomic mass is 32.1. The monoisotopic (exact) mass is 287 g/mol. The first-order chi connectivity index (χ1) is 9.56. The van der Waals surface area contributed by atoms with Gasteiger partial charge in [-0.15, -0.1) is 0 Å². The number of benzene rings is 1. The second-order valence-corrected chi connectivity index (χ2v) is 5.32. The number of nitrogens with zero attached hydrogens (tertiary/aromatic N) is 2. The first kappa shape index (κ1) is 13.0. The van der Waals surface area contributed by atoms with Crippen molar-refractivity contribution in [1.82, 2.24) is 14.5 Å². The zero-order chi connectivity index (χ0) is 14.3. The molecule has 0 saturated carbocycles. The molecule has 0 spiro atoms. The summed E-state index contributed by atoms with van der Waals surface area (Å²) < 4.78 is 16.2. The van der Waals surface area contributed by atoms with Crippen LogP contribution in [0, 0.1) is 24.4 Å². The van der Waals surface area contributed by atoms with Crippen LogP contribution in [-0.4, -0.2) is 14.5 Å². The molecule has 2 heterocycles. The van der Waals surface area contributed by atoms with Crippen molar-refractivity contribution in [2.75, 3.05) is 0 Å². The summed E-state index contributed by atoms with van der Waals surface area (Å²) in [7, 11) is 0. The van der Waals surface area contributed by atoms with Gasteiger partial charge in [0.1, 0.15) is 5.82 Å². The minimum atomic E-state index is -0.221. The third-order valence-corrected chi connectivity index (χ3v) is 3.84. The molecule has 1 N–H and O–H groups in total. The van der Waals surface area contributed by atoms with Crippen molar-refractivity contribution in [1.29, 1.82) is 0 Å². The Morgan fingerprint density at radius 3 is 2.85 bits per heavy atom. The Bertz CT molecular complexity index is 848. The number of aromatic amines is 1. The van der Waals surface area contributed by atoms with Crippen LogP contribution in [0.2, 0.25) is 0 Å². The number of rotatable bonds is 2. The second kappa shape index (κ2) is 4.83. The van der Waals surface area contributed by atoms with Gasteiger partial charge in [0.2, 0.25) is 0 Å². The van der Waals surface area contributed by atoms with Gasteiger partial charge < -0.3 is 9.55 Å². The average molecular weight is 287 g/mol. The van der Waals surface area contributed by atoms with Crippen LogP contribution in [0.1, 0.15) is 16.7 Å². The molecule has 2 aromatic heterocycles. The van der Waals surface area contributed by atoms with E-state index in [1.54, 1.807) is 13.1 Å². The minimum Gasteiger partial charge on any atom is -0.330 e. The summed E-state index contributed by atoms with van der Waals surface area (Å²) in [5, 5.41) is 0. The summed E-state index contributed by atoms with van der Waals surface area (Å²) in [6.07, 6.45) is 3.60. The number of fused-ring (bicyclic) bond motifs is 1. The highest BCUT2D eigenvalue weighted by molar-refractivity contribution is 7.71. The molecule has 3 nitrogen and oxygen atoms in total. The third kappa shape index (κ3) is 2.14. The highest BCUT2D eigenvalue weighted by Gasteiger charge is 2.09. The van der Waals surface area contributed by atoms with Crippen molar-refractivity contribution in [2.45, 2.75) is 20.4 Å². The van der Waals surface area contributed by atoms with E-state index in [9.17, 15) is 4.39 Å². The fourth-order valence-electron chi connectivity index (χ4n) is 2.29. The lowest BCUT2D eigenvalue weighted by molar-refractivity contribution is 0.620. The van der Waals surface area contributed by atoms with Gasteiger partial charge in [-0.05, 0) is 61.0 Å². The van der Waals surface area contributed by atoms with Gasteiger partial charge in [-0.2, -0.15) is 0 Å². The number of imidazole rings is 1. The van der Waals surface area contributed by atoms with Crippen LogP contribution in [0.3, 0.4) is 0 Å². The molecule has 0 aliphatic rings. The van der Waals surface area contributed by atoms with E-state index in [4.69, 9.17) is 12.2 Å². The molecule has 102 valence electrons. The largest absolute Gasteiger partial charge is 0.330 e. The molecule has 0 aliphatic carbocycles. The maximum atomic E-state index is 13.6. The van der Waals surface area contributed by atoms with E-state index in [1.807, 2.05) is 29.8 Å². The predicted octanol–water partition coefficient (Wildman–Crippen LogP) is 3.90. The number of hydrogen-bond acceptors (Lipinski definition) is 2. The Morgan fingerprint density at radius 2 is 2.10 bits per heavy atom. The van der Waals surface area contributed by atoms with Gasteiger partial charge in [-0.25, -0.2) is 4.39 Å². The SMILES string of the molecule is Cc1cc2c(cc1F)[nH]c(=S)n2Cc1ccncc1C. The molecule has 3 rings (SSSR count). The molecule has 0 unspecified atom stereocenters. The van der Waals surface area contributed by atoms with Gasteiger partial charge in [0.05, 0.1) is 17.6 Å². The Kier molecular flexibility index (Phi) is 3.14. The molecular weight excluding hydrogens is 273 g/mol. The first-order valence-corrected chi connectivity index (χ1v) is 6.75. The number of H-pyrrole nitrogens is 1. The molecule has 0 atom stereocenters. The summed E-state index contributed by atoms with van der Waals surface area (Å²) in [4.78, 5) is 7.15. The normalized spacial score (nSPS) is 11.2. The van der Waals surface area contributed by atoms with Crippen molar-refractivity contribution >= 4 is 23.3 Å². The van der Waals surface area contributed by atoms with E-state index >= 15 is 0 Å². The van der Waals surface area contributed by atoms with E-state index in [0.29, 0.717) is 16.9 Å². The molecule has 3 aromatic rings. The number of pyridine rings is 1. The van der Waals surface area contributed by atoms with Crippen molar-refractivity contribution in [3.05, 3.63) is 57.9 Å². The topological polar surface area (TPSA) is 33.6 Å². The number of nitrogens with one attached hydrogen (secondary N) is 1. The molecular formula is C15H14FN3S. The second-order valence-electron chi connectivity index (χ2n) is 4.94. The first-order valence-electron chi connectivity index (χ1n) is 6.34. The van der Waals surface area contributed by atoms with Crippen LogP contribution in [0.5, 0.6) is 0 Å². The van der Waals surface area contributed by atoms with E-state index in [1.165, 1.54) is 6.07 Å². The van der Waals surface area contributed by atoms with Gasteiger partial charge in [0.15, 0.2) is 4.77 Å². The average Bonchev–Trinajstić information content (AvgIpc) is 2.69. The lowest BCUT2D eigenvalue weighted by Crippen LogP contribution is -2.02. The summed E-state index contributed by atoms with van der Waals surface area (Å²) in [5.41, 5.74) is 4.53. The molecule has 0 aliphatic heterocycles. The molecule has 5 heteroatoms. The Hall–Kier alpha value is -2.01. The number of aromatic nitrogens is 3. The lowest BCUT2D eigenvalue weighted by atomic mass is 10.1. The molecule has 0 fully saturated rings. The molecule has 20 heavy (non-hydrogen) atoms. The summed E-state index contributed by atoms with van der Waals surface area (Å²) in [6.45, 7) is 4.43. The maximum Gasteiger partial charge on any atom is 0.178 e. The predicted molar refractivity (Wildman–Crippen MR) is 79.9 cm³/mol. The quantitative estimate of drug-likeness (QED) is 0.725. The fourth-order valence-corrected chi connectivity index (χ4v) is 2.56. The standard InChI is InChI=1S/C15H14FN3S/c1-9-5-14-13(6-12(9)16)18-15(20)19(14)8-11-3-4-17-7-10(11)2/h3-7H,8H2,1-2H3,(H,18,20). The van der Waals surface area contributed by atoms with E-state index in [0.717, 1.165) is 22.2 Å². The zero-order valence-corrected chi connectivity index (χ0v) is 12.1.